The van der Waals surface area contributed by atoms with Crippen molar-refractivity contribution in [3.8, 4) is 0 Å². The first-order chi connectivity index (χ1) is 5.22. The van der Waals surface area contributed by atoms with Crippen molar-refractivity contribution in [3.05, 3.63) is 24.3 Å². The number of hydrogen-bond acceptors (Lipinski definition) is 1. The van der Waals surface area contributed by atoms with Gasteiger partial charge in [0.15, 0.2) is 0 Å². The first-order valence-corrected chi connectivity index (χ1v) is 4.20. The summed E-state index contributed by atoms with van der Waals surface area (Å²) in [6, 6.07) is 0. The van der Waals surface area contributed by atoms with E-state index in [1.54, 1.807) is 0 Å². The molecule has 62 valence electrons. The van der Waals surface area contributed by atoms with Crippen molar-refractivity contribution in [2.24, 2.45) is 5.92 Å². The first kappa shape index (κ1) is 8.54. The van der Waals surface area contributed by atoms with Gasteiger partial charge in [0.25, 0.3) is 0 Å². The average molecular weight is 152 g/mol. The van der Waals surface area contributed by atoms with E-state index < -0.39 is 0 Å². The first-order valence-electron chi connectivity index (χ1n) is 4.20. The van der Waals surface area contributed by atoms with Gasteiger partial charge in [-0.05, 0) is 32.1 Å². The molecule has 0 saturated carbocycles. The molecule has 1 aliphatic rings. The molecule has 1 rings (SSSR count). The Labute approximate surface area is 68.4 Å². The lowest BCUT2D eigenvalue weighted by molar-refractivity contribution is 0.135. The SMILES string of the molecule is C=C(C)[C@H](O)[C@H]1CC=CCC1. The Hall–Kier alpha value is -0.560. The fourth-order valence-electron chi connectivity index (χ4n) is 1.51. The zero-order valence-corrected chi connectivity index (χ0v) is 7.09. The highest BCUT2D eigenvalue weighted by atomic mass is 16.3. The molecule has 0 unspecified atom stereocenters. The second kappa shape index (κ2) is 3.72. The van der Waals surface area contributed by atoms with Gasteiger partial charge in [-0.15, -0.1) is 0 Å². The Morgan fingerprint density at radius 3 is 2.82 bits per heavy atom. The van der Waals surface area contributed by atoms with E-state index in [-0.39, 0.29) is 6.10 Å². The summed E-state index contributed by atoms with van der Waals surface area (Å²) in [4.78, 5) is 0. The Morgan fingerprint density at radius 1 is 1.64 bits per heavy atom. The highest BCUT2D eigenvalue weighted by Crippen LogP contribution is 2.24. The van der Waals surface area contributed by atoms with E-state index in [1.165, 1.54) is 0 Å². The minimum atomic E-state index is -0.292. The van der Waals surface area contributed by atoms with Crippen LogP contribution in [0.4, 0.5) is 0 Å². The number of hydrogen-bond donors (Lipinski definition) is 1. The predicted molar refractivity (Wildman–Crippen MR) is 47.3 cm³/mol. The summed E-state index contributed by atoms with van der Waals surface area (Å²) in [6.07, 6.45) is 7.26. The van der Waals surface area contributed by atoms with Gasteiger partial charge in [0, 0.05) is 0 Å². The van der Waals surface area contributed by atoms with Crippen LogP contribution < -0.4 is 0 Å². The van der Waals surface area contributed by atoms with Crippen molar-refractivity contribution in [1.29, 1.82) is 0 Å². The summed E-state index contributed by atoms with van der Waals surface area (Å²) in [7, 11) is 0. The largest absolute Gasteiger partial charge is 0.388 e. The third-order valence-electron chi connectivity index (χ3n) is 2.26. The van der Waals surface area contributed by atoms with Crippen LogP contribution in [0, 0.1) is 5.92 Å². The fraction of sp³-hybridized carbons (Fsp3) is 0.600. The van der Waals surface area contributed by atoms with Crippen LogP contribution in [0.5, 0.6) is 0 Å². The number of aliphatic hydroxyl groups excluding tert-OH is 1. The van der Waals surface area contributed by atoms with Gasteiger partial charge in [0.2, 0.25) is 0 Å². The van der Waals surface area contributed by atoms with Crippen molar-refractivity contribution in [2.75, 3.05) is 0 Å². The van der Waals surface area contributed by atoms with Gasteiger partial charge >= 0.3 is 0 Å². The summed E-state index contributed by atoms with van der Waals surface area (Å²) in [5.41, 5.74) is 0.894. The maximum atomic E-state index is 9.62. The minimum Gasteiger partial charge on any atom is -0.388 e. The summed E-state index contributed by atoms with van der Waals surface area (Å²) in [5.74, 6) is 0.414. The van der Waals surface area contributed by atoms with Crippen LogP contribution >= 0.6 is 0 Å². The molecule has 0 spiro atoms. The third kappa shape index (κ3) is 2.19. The normalized spacial score (nSPS) is 26.5. The van der Waals surface area contributed by atoms with Crippen LogP contribution in [0.15, 0.2) is 24.3 Å². The molecule has 0 aromatic rings. The molecule has 1 aliphatic carbocycles. The molecule has 0 aromatic heterocycles. The van der Waals surface area contributed by atoms with E-state index in [0.717, 1.165) is 24.8 Å². The van der Waals surface area contributed by atoms with E-state index in [9.17, 15) is 5.11 Å². The predicted octanol–water partition coefficient (Wildman–Crippen LogP) is 2.28. The molecule has 0 saturated heterocycles. The van der Waals surface area contributed by atoms with Gasteiger partial charge in [0.1, 0.15) is 0 Å². The molecule has 0 fully saturated rings. The van der Waals surface area contributed by atoms with Gasteiger partial charge < -0.3 is 5.11 Å². The van der Waals surface area contributed by atoms with Crippen LogP contribution in [0.2, 0.25) is 0 Å². The highest BCUT2D eigenvalue weighted by Gasteiger charge is 2.19. The Morgan fingerprint density at radius 2 is 2.36 bits per heavy atom. The zero-order valence-electron chi connectivity index (χ0n) is 7.09. The van der Waals surface area contributed by atoms with Crippen molar-refractivity contribution in [3.63, 3.8) is 0 Å². The number of aliphatic hydroxyl groups is 1. The Bertz CT molecular complexity index is 170. The fourth-order valence-corrected chi connectivity index (χ4v) is 1.51. The molecule has 0 radical (unpaired) electrons. The molecule has 11 heavy (non-hydrogen) atoms. The van der Waals surface area contributed by atoms with Gasteiger partial charge in [-0.1, -0.05) is 24.3 Å². The summed E-state index contributed by atoms with van der Waals surface area (Å²) >= 11 is 0. The monoisotopic (exact) mass is 152 g/mol. The molecule has 0 amide bonds. The van der Waals surface area contributed by atoms with Crippen LogP contribution in [0.25, 0.3) is 0 Å². The Balaban J connectivity index is 2.46. The topological polar surface area (TPSA) is 20.2 Å². The molecule has 1 heteroatoms. The molecular weight excluding hydrogens is 136 g/mol. The lowest BCUT2D eigenvalue weighted by Crippen LogP contribution is -2.21. The minimum absolute atomic E-state index is 0.292. The molecule has 0 heterocycles. The summed E-state index contributed by atoms with van der Waals surface area (Å²) in [6.45, 7) is 5.65. The lowest BCUT2D eigenvalue weighted by Gasteiger charge is -2.23. The number of rotatable bonds is 2. The van der Waals surface area contributed by atoms with Crippen molar-refractivity contribution in [2.45, 2.75) is 32.3 Å². The summed E-state index contributed by atoms with van der Waals surface area (Å²) < 4.78 is 0. The van der Waals surface area contributed by atoms with Crippen LogP contribution in [-0.4, -0.2) is 11.2 Å². The molecule has 2 atom stereocenters. The van der Waals surface area contributed by atoms with Crippen LogP contribution in [0.1, 0.15) is 26.2 Å². The molecule has 0 aromatic carbocycles. The van der Waals surface area contributed by atoms with E-state index >= 15 is 0 Å². The van der Waals surface area contributed by atoms with Crippen molar-refractivity contribution < 1.29 is 5.11 Å². The van der Waals surface area contributed by atoms with Crippen molar-refractivity contribution >= 4 is 0 Å². The maximum Gasteiger partial charge on any atom is 0.0776 e. The maximum absolute atomic E-state index is 9.62. The van der Waals surface area contributed by atoms with E-state index in [0.29, 0.717) is 5.92 Å². The van der Waals surface area contributed by atoms with E-state index in [2.05, 4.69) is 18.7 Å². The average Bonchev–Trinajstić information content (AvgIpc) is 2.05. The van der Waals surface area contributed by atoms with Gasteiger partial charge in [0.05, 0.1) is 6.10 Å². The summed E-state index contributed by atoms with van der Waals surface area (Å²) in [5, 5.41) is 9.62. The molecule has 0 bridgehead atoms. The second-order valence-electron chi connectivity index (χ2n) is 3.34. The molecular formula is C10H16O. The van der Waals surface area contributed by atoms with Crippen LogP contribution in [-0.2, 0) is 0 Å². The molecule has 1 nitrogen and oxygen atoms in total. The van der Waals surface area contributed by atoms with Gasteiger partial charge in [-0.2, -0.15) is 0 Å². The Kier molecular flexibility index (Phi) is 2.89. The quantitative estimate of drug-likeness (QED) is 0.602. The zero-order chi connectivity index (χ0) is 8.27. The van der Waals surface area contributed by atoms with E-state index in [1.807, 2.05) is 6.92 Å². The molecule has 0 aliphatic heterocycles. The van der Waals surface area contributed by atoms with Crippen molar-refractivity contribution in [1.82, 2.24) is 0 Å². The van der Waals surface area contributed by atoms with Crippen LogP contribution in [0.3, 0.4) is 0 Å². The van der Waals surface area contributed by atoms with Gasteiger partial charge in [-0.25, -0.2) is 0 Å². The second-order valence-corrected chi connectivity index (χ2v) is 3.34. The highest BCUT2D eigenvalue weighted by molar-refractivity contribution is 5.03. The smallest absolute Gasteiger partial charge is 0.0776 e. The van der Waals surface area contributed by atoms with Gasteiger partial charge in [-0.3, -0.25) is 0 Å². The third-order valence-corrected chi connectivity index (χ3v) is 2.26. The number of allylic oxidation sites excluding steroid dienone is 2. The standard InChI is InChI=1S/C10H16O/c1-8(2)10(11)9-6-4-3-5-7-9/h3-4,9-11H,1,5-7H2,2H3/t9-,10-/m0/s1. The molecule has 1 N–H and O–H groups in total. The van der Waals surface area contributed by atoms with E-state index in [4.69, 9.17) is 0 Å². The lowest BCUT2D eigenvalue weighted by atomic mass is 9.87.